The number of allylic oxidation sites excluding steroid dienone is 6. The Kier molecular flexibility index (Phi) is 27.8. The monoisotopic (exact) mass is 1600 g/mol. The fourth-order valence-electron chi connectivity index (χ4n) is 12.7. The van der Waals surface area contributed by atoms with Gasteiger partial charge in [0, 0.05) is 121 Å². The van der Waals surface area contributed by atoms with Gasteiger partial charge < -0.3 is 51.9 Å². The summed E-state index contributed by atoms with van der Waals surface area (Å²) in [6.07, 6.45) is 11.9. The van der Waals surface area contributed by atoms with E-state index in [0.717, 1.165) is 33.7 Å². The molecule has 12 rings (SSSR count). The molecule has 33 heteroatoms. The lowest BCUT2D eigenvalue weighted by Gasteiger charge is -2.41. The van der Waals surface area contributed by atoms with Crippen molar-refractivity contribution in [2.45, 2.75) is 142 Å². The van der Waals surface area contributed by atoms with E-state index in [-0.39, 0.29) is 101 Å². The van der Waals surface area contributed by atoms with Crippen LogP contribution in [-0.4, -0.2) is 170 Å². The van der Waals surface area contributed by atoms with Crippen molar-refractivity contribution >= 4 is 123 Å². The van der Waals surface area contributed by atoms with Crippen LogP contribution in [0.1, 0.15) is 156 Å². The van der Waals surface area contributed by atoms with E-state index in [4.69, 9.17) is 51.4 Å². The molecular weight excluding hydrogens is 1510 g/mol. The summed E-state index contributed by atoms with van der Waals surface area (Å²) in [5, 5.41) is 69.5. The molecule has 7 aromatic rings. The third kappa shape index (κ3) is 20.6. The number of phenols is 2. The number of hydroxylamine groups is 4. The van der Waals surface area contributed by atoms with Crippen LogP contribution in [0.5, 0.6) is 11.5 Å². The van der Waals surface area contributed by atoms with Gasteiger partial charge in [-0.25, -0.2) is 15.0 Å². The van der Waals surface area contributed by atoms with Gasteiger partial charge in [-0.2, -0.15) is 4.79 Å². The van der Waals surface area contributed by atoms with Crippen LogP contribution in [0.3, 0.4) is 0 Å². The second-order valence-corrected chi connectivity index (χ2v) is 29.1. The summed E-state index contributed by atoms with van der Waals surface area (Å²) in [7, 11) is 1.97. The Balaban J connectivity index is 0.000000226. The van der Waals surface area contributed by atoms with E-state index in [1.165, 1.54) is 6.07 Å². The number of piperidine rings is 1. The third-order valence-corrected chi connectivity index (χ3v) is 19.5. The highest BCUT2D eigenvalue weighted by Gasteiger charge is 2.39. The number of aliphatic hydroxyl groups is 2. The first-order valence-corrected chi connectivity index (χ1v) is 37.4. The van der Waals surface area contributed by atoms with Gasteiger partial charge in [-0.1, -0.05) is 107 Å². The van der Waals surface area contributed by atoms with Crippen LogP contribution in [0.15, 0.2) is 139 Å². The Bertz CT molecular complexity index is 4740. The number of aromatic nitrogens is 6. The number of amides is 7. The molecule has 3 atom stereocenters. The molecule has 3 aromatic carbocycles. The second-order valence-electron chi connectivity index (χ2n) is 27.4. The largest absolute Gasteiger partial charge is 0.560 e. The molecule has 3 saturated heterocycles. The summed E-state index contributed by atoms with van der Waals surface area (Å²) < 4.78 is 1.54. The maximum absolute atomic E-state index is 13.9. The van der Waals surface area contributed by atoms with Crippen LogP contribution >= 0.6 is 46.4 Å². The van der Waals surface area contributed by atoms with Crippen molar-refractivity contribution in [3.63, 3.8) is 0 Å². The Morgan fingerprint density at radius 3 is 1.63 bits per heavy atom. The predicted molar refractivity (Wildman–Crippen MR) is 418 cm³/mol. The van der Waals surface area contributed by atoms with Crippen molar-refractivity contribution in [2.24, 2.45) is 0 Å². The number of likely N-dealkylation sites (tertiary alicyclic amines) is 1. The number of pyridine rings is 3. The van der Waals surface area contributed by atoms with Crippen molar-refractivity contribution < 1.29 is 68.5 Å². The molecule has 9 N–H and O–H groups in total. The van der Waals surface area contributed by atoms with Crippen molar-refractivity contribution in [3.05, 3.63) is 193 Å². The molecule has 7 amide bonds. The first-order chi connectivity index (χ1) is 53.0. The van der Waals surface area contributed by atoms with Crippen molar-refractivity contribution in [1.29, 1.82) is 0 Å². The number of nitrogens with zero attached hydrogens (tertiary/aromatic N) is 10. The van der Waals surface area contributed by atoms with Crippen molar-refractivity contribution in [2.75, 3.05) is 48.8 Å². The van der Waals surface area contributed by atoms with Crippen LogP contribution < -0.4 is 31.5 Å². The summed E-state index contributed by atoms with van der Waals surface area (Å²) >= 11 is 25.3. The Morgan fingerprint density at radius 1 is 0.622 bits per heavy atom. The molecule has 1 unspecified atom stereocenters. The molecule has 2 aliphatic carbocycles. The van der Waals surface area contributed by atoms with Gasteiger partial charge in [-0.05, 0) is 161 Å². The van der Waals surface area contributed by atoms with Crippen LogP contribution in [-0.2, 0) is 38.4 Å². The van der Waals surface area contributed by atoms with E-state index in [9.17, 15) is 58.8 Å². The lowest BCUT2D eigenvalue weighted by atomic mass is 9.98. The zero-order valence-corrected chi connectivity index (χ0v) is 65.0. The fraction of sp³-hybridized carbons (Fsp3) is 0.346. The quantitative estimate of drug-likeness (QED) is 0.0254. The van der Waals surface area contributed by atoms with E-state index in [1.54, 1.807) is 72.5 Å². The maximum atomic E-state index is 13.9. The number of aliphatic hydroxyl groups excluding tert-OH is 2. The van der Waals surface area contributed by atoms with Gasteiger partial charge in [0.2, 0.25) is 17.6 Å². The fourth-order valence-corrected chi connectivity index (χ4v) is 13.6. The van der Waals surface area contributed by atoms with Crippen LogP contribution in [0.25, 0.3) is 28.2 Å². The number of phenolic OH excluding ortho intramolecular Hbond substituents is 2. The number of nitrogens with one attached hydrogen (secondary N) is 5. The van der Waals surface area contributed by atoms with Crippen LogP contribution in [0, 0.1) is 0 Å². The molecule has 7 heterocycles. The first kappa shape index (κ1) is 82.7. The number of imide groups is 2. The average molecular weight is 1600 g/mol. The second kappa shape index (κ2) is 37.3. The van der Waals surface area contributed by atoms with Gasteiger partial charge >= 0.3 is 6.16 Å². The first-order valence-electron chi connectivity index (χ1n) is 35.9. The molecule has 5 aliphatic rings. The number of aromatic hydroxyl groups is 2. The lowest BCUT2D eigenvalue weighted by molar-refractivity contribution is -0.198. The predicted octanol–water partition coefficient (Wildman–Crippen LogP) is 11.7. The molecule has 584 valence electrons. The molecular formula is C78H85Cl4N15O14. The highest BCUT2D eigenvalue weighted by Crippen LogP contribution is 2.40. The van der Waals surface area contributed by atoms with Gasteiger partial charge in [-0.15, -0.1) is 10.2 Å². The Hall–Kier alpha value is -10.8. The zero-order valence-electron chi connectivity index (χ0n) is 62.0. The molecule has 29 nitrogen and oxygen atoms in total. The number of rotatable bonds is 24. The summed E-state index contributed by atoms with van der Waals surface area (Å²) in [6.45, 7) is 15.0. The lowest BCUT2D eigenvalue weighted by Crippen LogP contribution is -2.52. The number of hydrogen-bond acceptors (Lipinski definition) is 23. The number of carbonyl (C=O) groups is 8. The van der Waals surface area contributed by atoms with Gasteiger partial charge in [0.15, 0.2) is 5.82 Å². The summed E-state index contributed by atoms with van der Waals surface area (Å²) in [5.74, 6) is -1.69. The van der Waals surface area contributed by atoms with E-state index in [0.29, 0.717) is 111 Å². The highest BCUT2D eigenvalue weighted by atomic mass is 35.5. The molecule has 111 heavy (non-hydrogen) atoms. The van der Waals surface area contributed by atoms with Gasteiger partial charge in [0.1, 0.15) is 35.2 Å². The van der Waals surface area contributed by atoms with Crippen molar-refractivity contribution in [1.82, 2.24) is 60.7 Å². The van der Waals surface area contributed by atoms with E-state index >= 15 is 0 Å². The Labute approximate surface area is 660 Å². The van der Waals surface area contributed by atoms with E-state index < -0.39 is 54.0 Å². The van der Waals surface area contributed by atoms with Crippen LogP contribution in [0.4, 0.5) is 22.2 Å². The molecule has 4 aromatic heterocycles. The van der Waals surface area contributed by atoms with E-state index in [2.05, 4.69) is 61.3 Å². The van der Waals surface area contributed by atoms with Gasteiger partial charge in [0.25, 0.3) is 29.5 Å². The van der Waals surface area contributed by atoms with Crippen LogP contribution in [0.2, 0.25) is 20.1 Å². The number of hydrogen-bond donors (Lipinski definition) is 9. The van der Waals surface area contributed by atoms with Gasteiger partial charge in [0.05, 0.1) is 46.2 Å². The summed E-state index contributed by atoms with van der Waals surface area (Å²) in [4.78, 5) is 122. The molecule has 0 spiro atoms. The average Bonchev–Trinajstić information content (AvgIpc) is 1.66. The minimum Gasteiger partial charge on any atom is -0.508 e. The Morgan fingerprint density at radius 2 is 1.14 bits per heavy atom. The molecule has 0 bridgehead atoms. The smallest absolute Gasteiger partial charge is 0.508 e. The standard InChI is InChI=1S/C47H54Cl2N10O5.C22H23Cl2N3O2.C9H8N2O7/c1-7-50-46(63)44-56-55-43(36-21-34(26(2)3)38(60)23-39(36)61)59(44)33-13-14-41(52-24-33)57(6)32-15-17-58(18-16-32)47(64)42(29-9-8-10-31(48)20-29)54-45(62)30-12-11-28(19-30)35-22-40(53-27(4)5)51-25-37(35)49;1-13(2)26-21-10-18(19(24)11-25-21)14-6-7-16(8-14)22(29)27-20(12-28)15-4-3-5-17(23)9-15;12-5-1-2-6(13)10(5)17-9(16)18-11-7(14)3-4-8(11)15/h8-11,13-14,19-27,32,42,47,60-61,64H,7,12,15-18H2,1-6H3,(H,50,63)(H,51,53)(H,54,62);3-6,8-11,13,20,28H,7,12H2,1-2H3,(H,25,26)(H,27,29);1-4H2/t42-,47?;20-;/m01./s1. The van der Waals surface area contributed by atoms with Gasteiger partial charge in [-0.3, -0.25) is 52.7 Å². The van der Waals surface area contributed by atoms with Crippen molar-refractivity contribution in [3.8, 4) is 28.6 Å². The minimum atomic E-state index is -1.48. The minimum absolute atomic E-state index is 0.0150. The zero-order chi connectivity index (χ0) is 80.1. The summed E-state index contributed by atoms with van der Waals surface area (Å²) in [5.41, 5.74) is 7.27. The summed E-state index contributed by atoms with van der Waals surface area (Å²) in [6, 6.07) is 23.8. The van der Waals surface area contributed by atoms with E-state index in [1.807, 2.05) is 114 Å². The molecule has 3 aliphatic heterocycles. The molecule has 0 radical (unpaired) electrons. The normalized spacial score (nSPS) is 15.9. The number of anilines is 3. The maximum Gasteiger partial charge on any atom is 0.560 e. The highest BCUT2D eigenvalue weighted by molar-refractivity contribution is 6.33. The molecule has 0 saturated carbocycles. The number of halogens is 4. The number of carbonyl (C=O) groups excluding carboxylic acids is 8. The molecule has 3 fully saturated rings. The third-order valence-electron chi connectivity index (χ3n) is 18.4. The number of benzene rings is 3. The topological polar surface area (TPSA) is 378 Å². The SMILES string of the molecule is CC(C)Nc1cc(C2=CCC(C(=O)N[C@H](CO)c3cccc(Cl)c3)=C2)c(Cl)cn1.CCNC(=O)c1nnc(-c2cc(C(C)C)c(O)cc2O)n1-c1ccc(N(C)C2CCN(C(O)[C@@H](NC(=O)C3=CC(c4cc(NC(C)C)ncc4Cl)=CC3)c3cccc(Cl)c3)CC2)nc1.O=C(ON1C(=O)CCC1=O)ON1C(=O)CCC1=O.